The Morgan fingerprint density at radius 3 is 3.18 bits per heavy atom. The van der Waals surface area contributed by atoms with Gasteiger partial charge in [0.2, 0.25) is 0 Å². The molecule has 4 heteroatoms. The van der Waals surface area contributed by atoms with Crippen LogP contribution in [0.15, 0.2) is 18.7 Å². The van der Waals surface area contributed by atoms with Crippen molar-refractivity contribution in [2.24, 2.45) is 0 Å². The summed E-state index contributed by atoms with van der Waals surface area (Å²) >= 11 is 0. The Labute approximate surface area is 65.5 Å². The van der Waals surface area contributed by atoms with Crippen LogP contribution in [0.3, 0.4) is 0 Å². The standard InChI is InChI=1S/C7H10N4/c8-1-2-9-3-5-11-6-4-10-7-11/h4,6-7,9H,2-3,5H2. The minimum Gasteiger partial charge on any atom is -0.336 e. The number of nitrogens with zero attached hydrogens (tertiary/aromatic N) is 3. The Morgan fingerprint density at radius 1 is 1.64 bits per heavy atom. The highest BCUT2D eigenvalue weighted by Gasteiger charge is 1.87. The normalized spacial score (nSPS) is 9.36. The van der Waals surface area contributed by atoms with Gasteiger partial charge in [0.15, 0.2) is 0 Å². The highest BCUT2D eigenvalue weighted by atomic mass is 15.0. The van der Waals surface area contributed by atoms with Crippen molar-refractivity contribution in [1.29, 1.82) is 5.26 Å². The fourth-order valence-electron chi connectivity index (χ4n) is 0.771. The second-order valence-corrected chi connectivity index (χ2v) is 2.14. The maximum Gasteiger partial charge on any atom is 0.0946 e. The Balaban J connectivity index is 2.10. The van der Waals surface area contributed by atoms with Gasteiger partial charge in [-0.15, -0.1) is 0 Å². The lowest BCUT2D eigenvalue weighted by Crippen LogP contribution is -2.19. The van der Waals surface area contributed by atoms with Crippen LogP contribution in [-0.2, 0) is 6.54 Å². The SMILES string of the molecule is N#CCNCCn1ccnc1. The lowest BCUT2D eigenvalue weighted by atomic mass is 10.6. The molecule has 1 N–H and O–H groups in total. The van der Waals surface area contributed by atoms with E-state index in [1.54, 1.807) is 12.5 Å². The average molecular weight is 150 g/mol. The van der Waals surface area contributed by atoms with E-state index in [0.717, 1.165) is 13.1 Å². The fourth-order valence-corrected chi connectivity index (χ4v) is 0.771. The molecule has 0 radical (unpaired) electrons. The summed E-state index contributed by atoms with van der Waals surface area (Å²) < 4.78 is 1.96. The molecule has 1 aromatic heterocycles. The third-order valence-electron chi connectivity index (χ3n) is 1.31. The smallest absolute Gasteiger partial charge is 0.0946 e. The zero-order valence-corrected chi connectivity index (χ0v) is 6.20. The molecular weight excluding hydrogens is 140 g/mol. The number of hydrogen-bond acceptors (Lipinski definition) is 3. The first-order chi connectivity index (χ1) is 5.43. The van der Waals surface area contributed by atoms with E-state index >= 15 is 0 Å². The van der Waals surface area contributed by atoms with Gasteiger partial charge in [-0.05, 0) is 0 Å². The zero-order chi connectivity index (χ0) is 7.94. The van der Waals surface area contributed by atoms with Crippen molar-refractivity contribution in [3.63, 3.8) is 0 Å². The van der Waals surface area contributed by atoms with Crippen molar-refractivity contribution >= 4 is 0 Å². The van der Waals surface area contributed by atoms with E-state index in [4.69, 9.17) is 5.26 Å². The molecule has 0 fully saturated rings. The van der Waals surface area contributed by atoms with Gasteiger partial charge < -0.3 is 9.88 Å². The average Bonchev–Trinajstić information content (AvgIpc) is 2.50. The van der Waals surface area contributed by atoms with Crippen LogP contribution in [-0.4, -0.2) is 22.6 Å². The van der Waals surface area contributed by atoms with Gasteiger partial charge in [0.05, 0.1) is 18.9 Å². The first kappa shape index (κ1) is 7.76. The van der Waals surface area contributed by atoms with Crippen molar-refractivity contribution < 1.29 is 0 Å². The van der Waals surface area contributed by atoms with Crippen LogP contribution >= 0.6 is 0 Å². The van der Waals surface area contributed by atoms with Gasteiger partial charge >= 0.3 is 0 Å². The van der Waals surface area contributed by atoms with E-state index in [0.29, 0.717) is 6.54 Å². The molecule has 0 saturated carbocycles. The molecule has 58 valence electrons. The monoisotopic (exact) mass is 150 g/mol. The molecule has 1 aromatic rings. The van der Waals surface area contributed by atoms with E-state index in [1.807, 2.05) is 16.8 Å². The van der Waals surface area contributed by atoms with Gasteiger partial charge in [0.1, 0.15) is 0 Å². The van der Waals surface area contributed by atoms with Crippen LogP contribution in [0.25, 0.3) is 0 Å². The molecule has 0 spiro atoms. The lowest BCUT2D eigenvalue weighted by Gasteiger charge is -1.99. The Hall–Kier alpha value is -1.34. The van der Waals surface area contributed by atoms with Crippen LogP contribution in [0.2, 0.25) is 0 Å². The third-order valence-corrected chi connectivity index (χ3v) is 1.31. The number of nitrogens with one attached hydrogen (secondary N) is 1. The van der Waals surface area contributed by atoms with Crippen LogP contribution in [0.4, 0.5) is 0 Å². The molecule has 0 saturated heterocycles. The molecule has 11 heavy (non-hydrogen) atoms. The van der Waals surface area contributed by atoms with Gasteiger partial charge in [0.25, 0.3) is 0 Å². The molecule has 0 aromatic carbocycles. The summed E-state index contributed by atoms with van der Waals surface area (Å²) in [5.41, 5.74) is 0. The summed E-state index contributed by atoms with van der Waals surface area (Å²) in [6, 6.07) is 2.01. The van der Waals surface area contributed by atoms with Crippen molar-refractivity contribution in [1.82, 2.24) is 14.9 Å². The summed E-state index contributed by atoms with van der Waals surface area (Å²) in [7, 11) is 0. The molecule has 0 unspecified atom stereocenters. The molecule has 4 nitrogen and oxygen atoms in total. The minimum atomic E-state index is 0.411. The molecule has 0 aliphatic rings. The van der Waals surface area contributed by atoms with Crippen LogP contribution < -0.4 is 5.32 Å². The van der Waals surface area contributed by atoms with Gasteiger partial charge in [0, 0.05) is 25.5 Å². The highest BCUT2D eigenvalue weighted by Crippen LogP contribution is 1.82. The van der Waals surface area contributed by atoms with E-state index < -0.39 is 0 Å². The highest BCUT2D eigenvalue weighted by molar-refractivity contribution is 4.76. The van der Waals surface area contributed by atoms with Crippen molar-refractivity contribution in [2.75, 3.05) is 13.1 Å². The lowest BCUT2D eigenvalue weighted by molar-refractivity contribution is 0.627. The number of imidazole rings is 1. The first-order valence-electron chi connectivity index (χ1n) is 3.47. The fraction of sp³-hybridized carbons (Fsp3) is 0.429. The molecule has 0 aliphatic carbocycles. The molecule has 0 amide bonds. The van der Waals surface area contributed by atoms with E-state index in [-0.39, 0.29) is 0 Å². The summed E-state index contributed by atoms with van der Waals surface area (Å²) in [5.74, 6) is 0. The van der Waals surface area contributed by atoms with E-state index in [9.17, 15) is 0 Å². The van der Waals surface area contributed by atoms with Gasteiger partial charge in [-0.25, -0.2) is 4.98 Å². The topological polar surface area (TPSA) is 53.6 Å². The predicted molar refractivity (Wildman–Crippen MR) is 40.7 cm³/mol. The van der Waals surface area contributed by atoms with Crippen molar-refractivity contribution in [2.45, 2.75) is 6.54 Å². The van der Waals surface area contributed by atoms with Crippen LogP contribution in [0.5, 0.6) is 0 Å². The van der Waals surface area contributed by atoms with Gasteiger partial charge in [-0.1, -0.05) is 0 Å². The van der Waals surface area contributed by atoms with E-state index in [1.165, 1.54) is 0 Å². The van der Waals surface area contributed by atoms with Crippen molar-refractivity contribution in [3.8, 4) is 6.07 Å². The maximum absolute atomic E-state index is 8.19. The summed E-state index contributed by atoms with van der Waals surface area (Å²) in [5, 5.41) is 11.2. The summed E-state index contributed by atoms with van der Waals surface area (Å²) in [6.07, 6.45) is 5.40. The quantitative estimate of drug-likeness (QED) is 0.485. The molecule has 0 aliphatic heterocycles. The number of aromatic nitrogens is 2. The Bertz CT molecular complexity index is 221. The number of nitriles is 1. The molecule has 1 heterocycles. The Morgan fingerprint density at radius 2 is 2.55 bits per heavy atom. The van der Waals surface area contributed by atoms with Crippen molar-refractivity contribution in [3.05, 3.63) is 18.7 Å². The molecule has 0 bridgehead atoms. The second-order valence-electron chi connectivity index (χ2n) is 2.14. The molecule has 1 rings (SSSR count). The summed E-state index contributed by atoms with van der Waals surface area (Å²) in [6.45, 7) is 2.08. The van der Waals surface area contributed by atoms with Gasteiger partial charge in [-0.2, -0.15) is 5.26 Å². The second kappa shape index (κ2) is 4.47. The third kappa shape index (κ3) is 2.83. The number of rotatable bonds is 4. The largest absolute Gasteiger partial charge is 0.336 e. The van der Waals surface area contributed by atoms with Crippen LogP contribution in [0.1, 0.15) is 0 Å². The first-order valence-corrected chi connectivity index (χ1v) is 3.47. The van der Waals surface area contributed by atoms with Crippen LogP contribution in [0, 0.1) is 11.3 Å². The van der Waals surface area contributed by atoms with Gasteiger partial charge in [-0.3, -0.25) is 0 Å². The maximum atomic E-state index is 8.19. The molecule has 0 atom stereocenters. The Kier molecular flexibility index (Phi) is 3.16. The number of hydrogen-bond donors (Lipinski definition) is 1. The minimum absolute atomic E-state index is 0.411. The predicted octanol–water partition coefficient (Wildman–Crippen LogP) is -0.00372. The molecular formula is C7H10N4. The van der Waals surface area contributed by atoms with E-state index in [2.05, 4.69) is 10.3 Å². The zero-order valence-electron chi connectivity index (χ0n) is 6.20. The summed E-state index contributed by atoms with van der Waals surface area (Å²) in [4.78, 5) is 3.89.